The summed E-state index contributed by atoms with van der Waals surface area (Å²) in [6.07, 6.45) is -0.652. The number of nitrogens with zero attached hydrogens (tertiary/aromatic N) is 1. The summed E-state index contributed by atoms with van der Waals surface area (Å²) in [5.41, 5.74) is 0. The van der Waals surface area contributed by atoms with Crippen LogP contribution in [0.4, 0.5) is 4.79 Å². The van der Waals surface area contributed by atoms with E-state index in [4.69, 9.17) is 9.84 Å². The average Bonchev–Trinajstić information content (AvgIpc) is 2.51. The van der Waals surface area contributed by atoms with Crippen molar-refractivity contribution in [3.05, 3.63) is 12.2 Å². The van der Waals surface area contributed by atoms with Gasteiger partial charge in [-0.05, 0) is 0 Å². The van der Waals surface area contributed by atoms with E-state index in [0.29, 0.717) is 13.1 Å². The zero-order valence-electron chi connectivity index (χ0n) is 9.19. The molecule has 1 fully saturated rings. The maximum atomic E-state index is 11.7. The van der Waals surface area contributed by atoms with Gasteiger partial charge in [-0.1, -0.05) is 12.2 Å². The van der Waals surface area contributed by atoms with Gasteiger partial charge in [-0.2, -0.15) is 0 Å². The van der Waals surface area contributed by atoms with Crippen molar-refractivity contribution >= 4 is 6.03 Å². The van der Waals surface area contributed by atoms with Crippen molar-refractivity contribution in [1.29, 1.82) is 0 Å². The van der Waals surface area contributed by atoms with Gasteiger partial charge in [0.25, 0.3) is 0 Å². The maximum Gasteiger partial charge on any atom is 0.320 e. The summed E-state index contributed by atoms with van der Waals surface area (Å²) in [5, 5.41) is 31.0. The molecule has 0 aromatic heterocycles. The summed E-state index contributed by atoms with van der Waals surface area (Å²) in [7, 11) is 0. The molecule has 0 bridgehead atoms. The summed E-state index contributed by atoms with van der Waals surface area (Å²) >= 11 is 0. The topological polar surface area (TPSA) is 102 Å². The molecule has 7 heteroatoms. The number of amides is 2. The van der Waals surface area contributed by atoms with Crippen LogP contribution >= 0.6 is 0 Å². The normalized spacial score (nSPS) is 38.1. The zero-order valence-corrected chi connectivity index (χ0v) is 9.19. The second kappa shape index (κ2) is 5.01. The van der Waals surface area contributed by atoms with Crippen molar-refractivity contribution < 1.29 is 24.9 Å². The van der Waals surface area contributed by atoms with E-state index < -0.39 is 31.1 Å². The van der Waals surface area contributed by atoms with Crippen molar-refractivity contribution in [3.63, 3.8) is 0 Å². The first-order chi connectivity index (χ1) is 8.15. The minimum absolute atomic E-state index is 0.290. The standard InChI is InChI=1S/C10H16N2O5/c13-5-6-7(14)8(15)9(17-6)12-4-2-1-3-11-10(12)16/h1-2,6-9,13-15H,3-5H2,(H,11,16)/t6-,7-,8-,9-/m1/s1. The Kier molecular flexibility index (Phi) is 3.63. The van der Waals surface area contributed by atoms with E-state index in [1.54, 1.807) is 12.2 Å². The highest BCUT2D eigenvalue weighted by Gasteiger charge is 2.46. The van der Waals surface area contributed by atoms with Crippen LogP contribution < -0.4 is 5.32 Å². The lowest BCUT2D eigenvalue weighted by molar-refractivity contribution is -0.0755. The molecule has 4 atom stereocenters. The fraction of sp³-hybridized carbons (Fsp3) is 0.700. The van der Waals surface area contributed by atoms with E-state index in [1.165, 1.54) is 4.90 Å². The minimum atomic E-state index is -1.22. The highest BCUT2D eigenvalue weighted by Crippen LogP contribution is 2.24. The second-order valence-corrected chi connectivity index (χ2v) is 4.04. The fourth-order valence-electron chi connectivity index (χ4n) is 1.96. The lowest BCUT2D eigenvalue weighted by atomic mass is 10.1. The van der Waals surface area contributed by atoms with Gasteiger partial charge in [-0.3, -0.25) is 4.90 Å². The van der Waals surface area contributed by atoms with Crippen LogP contribution in [-0.4, -0.2) is 70.5 Å². The van der Waals surface area contributed by atoms with Crippen molar-refractivity contribution in [2.24, 2.45) is 0 Å². The quantitative estimate of drug-likeness (QED) is 0.421. The first-order valence-corrected chi connectivity index (χ1v) is 5.47. The van der Waals surface area contributed by atoms with Crippen LogP contribution in [-0.2, 0) is 4.74 Å². The Morgan fingerprint density at radius 3 is 2.82 bits per heavy atom. The SMILES string of the molecule is O=C1NCC=CCN1[C@@H]1O[C@H](CO)[C@@H](O)[C@H]1O. The minimum Gasteiger partial charge on any atom is -0.394 e. The summed E-state index contributed by atoms with van der Waals surface area (Å²) < 4.78 is 5.28. The average molecular weight is 244 g/mol. The molecule has 0 radical (unpaired) electrons. The van der Waals surface area contributed by atoms with E-state index in [9.17, 15) is 15.0 Å². The Labute approximate surface area is 98.3 Å². The first-order valence-electron chi connectivity index (χ1n) is 5.47. The van der Waals surface area contributed by atoms with Crippen molar-refractivity contribution in [1.82, 2.24) is 10.2 Å². The molecule has 4 N–H and O–H groups in total. The number of ether oxygens (including phenoxy) is 1. The summed E-state index contributed by atoms with van der Waals surface area (Å²) in [6, 6.07) is -0.371. The molecule has 0 unspecified atom stereocenters. The molecule has 0 aromatic rings. The molecule has 1 saturated heterocycles. The van der Waals surface area contributed by atoms with Crippen LogP contribution in [0.5, 0.6) is 0 Å². The number of carbonyl (C=O) groups is 1. The number of hydrogen-bond acceptors (Lipinski definition) is 5. The van der Waals surface area contributed by atoms with Gasteiger partial charge in [0.05, 0.1) is 6.61 Å². The molecule has 2 aliphatic heterocycles. The Morgan fingerprint density at radius 2 is 2.18 bits per heavy atom. The number of aliphatic hydroxyl groups is 3. The Bertz CT molecular complexity index is 322. The van der Waals surface area contributed by atoms with E-state index in [1.807, 2.05) is 0 Å². The van der Waals surface area contributed by atoms with Gasteiger partial charge in [0.15, 0.2) is 6.23 Å². The molecular formula is C10H16N2O5. The fourth-order valence-corrected chi connectivity index (χ4v) is 1.96. The maximum absolute atomic E-state index is 11.7. The molecule has 2 aliphatic rings. The Morgan fingerprint density at radius 1 is 1.41 bits per heavy atom. The van der Waals surface area contributed by atoms with Crippen LogP contribution in [0, 0.1) is 0 Å². The molecule has 0 aliphatic carbocycles. The largest absolute Gasteiger partial charge is 0.394 e. The number of hydrogen-bond donors (Lipinski definition) is 4. The van der Waals surface area contributed by atoms with E-state index in [0.717, 1.165) is 0 Å². The molecule has 2 amide bonds. The number of rotatable bonds is 2. The molecule has 17 heavy (non-hydrogen) atoms. The van der Waals surface area contributed by atoms with E-state index in [-0.39, 0.29) is 6.03 Å². The summed E-state index contributed by atoms with van der Waals surface area (Å²) in [5.74, 6) is 0. The number of carbonyl (C=O) groups excluding carboxylic acids is 1. The number of urea groups is 1. The Balaban J connectivity index is 2.11. The third-order valence-electron chi connectivity index (χ3n) is 2.93. The highest BCUT2D eigenvalue weighted by molar-refractivity contribution is 5.75. The third-order valence-corrected chi connectivity index (χ3v) is 2.93. The summed E-state index contributed by atoms with van der Waals surface area (Å²) in [6.45, 7) is 0.308. The highest BCUT2D eigenvalue weighted by atomic mass is 16.6. The molecule has 0 spiro atoms. The van der Waals surface area contributed by atoms with Gasteiger partial charge >= 0.3 is 6.03 Å². The van der Waals surface area contributed by atoms with Crippen LogP contribution in [0.2, 0.25) is 0 Å². The smallest absolute Gasteiger partial charge is 0.320 e. The molecule has 0 aromatic carbocycles. The van der Waals surface area contributed by atoms with Crippen LogP contribution in [0.1, 0.15) is 0 Å². The van der Waals surface area contributed by atoms with Gasteiger partial charge < -0.3 is 25.4 Å². The van der Waals surface area contributed by atoms with Crippen LogP contribution in [0.3, 0.4) is 0 Å². The predicted octanol–water partition coefficient (Wildman–Crippen LogP) is -1.99. The van der Waals surface area contributed by atoms with Gasteiger partial charge in [0.2, 0.25) is 0 Å². The molecule has 7 nitrogen and oxygen atoms in total. The van der Waals surface area contributed by atoms with Crippen molar-refractivity contribution in [3.8, 4) is 0 Å². The lowest BCUT2D eigenvalue weighted by Gasteiger charge is -2.28. The lowest BCUT2D eigenvalue weighted by Crippen LogP contribution is -2.50. The van der Waals surface area contributed by atoms with Gasteiger partial charge in [0.1, 0.15) is 18.3 Å². The summed E-state index contributed by atoms with van der Waals surface area (Å²) in [4.78, 5) is 13.0. The predicted molar refractivity (Wildman–Crippen MR) is 57.0 cm³/mol. The number of nitrogens with one attached hydrogen (secondary N) is 1. The monoisotopic (exact) mass is 244 g/mol. The second-order valence-electron chi connectivity index (χ2n) is 4.04. The van der Waals surface area contributed by atoms with Crippen LogP contribution in [0.25, 0.3) is 0 Å². The molecule has 96 valence electrons. The van der Waals surface area contributed by atoms with Gasteiger partial charge in [-0.15, -0.1) is 0 Å². The molecule has 2 heterocycles. The third kappa shape index (κ3) is 2.27. The van der Waals surface area contributed by atoms with E-state index >= 15 is 0 Å². The van der Waals surface area contributed by atoms with Crippen molar-refractivity contribution in [2.45, 2.75) is 24.5 Å². The van der Waals surface area contributed by atoms with E-state index in [2.05, 4.69) is 5.32 Å². The van der Waals surface area contributed by atoms with Gasteiger partial charge in [0, 0.05) is 13.1 Å². The Hall–Kier alpha value is -1.15. The van der Waals surface area contributed by atoms with Crippen molar-refractivity contribution in [2.75, 3.05) is 19.7 Å². The molecule has 2 rings (SSSR count). The van der Waals surface area contributed by atoms with Crippen LogP contribution in [0.15, 0.2) is 12.2 Å². The zero-order chi connectivity index (χ0) is 12.4. The first kappa shape index (κ1) is 12.3. The molecule has 0 saturated carbocycles. The van der Waals surface area contributed by atoms with Gasteiger partial charge in [-0.25, -0.2) is 4.79 Å². The number of aliphatic hydroxyl groups excluding tert-OH is 3. The molecular weight excluding hydrogens is 228 g/mol.